The van der Waals surface area contributed by atoms with Crippen molar-refractivity contribution in [2.24, 2.45) is 17.3 Å². The quantitative estimate of drug-likeness (QED) is 0.551. The van der Waals surface area contributed by atoms with Crippen LogP contribution in [0.1, 0.15) is 70.4 Å². The topological polar surface area (TPSA) is 78.9 Å². The molecule has 0 aliphatic heterocycles. The summed E-state index contributed by atoms with van der Waals surface area (Å²) >= 11 is 0. The highest BCUT2D eigenvalue weighted by Crippen LogP contribution is 2.62. The highest BCUT2D eigenvalue weighted by molar-refractivity contribution is 5.69. The van der Waals surface area contributed by atoms with Crippen LogP contribution in [0.5, 0.6) is 5.75 Å². The van der Waals surface area contributed by atoms with Crippen molar-refractivity contribution in [1.82, 2.24) is 0 Å². The number of aryl methyl sites for hydroxylation is 1. The summed E-state index contributed by atoms with van der Waals surface area (Å²) in [6.07, 6.45) is 3.83. The minimum absolute atomic E-state index is 0.192. The first kappa shape index (κ1) is 20.9. The van der Waals surface area contributed by atoms with Gasteiger partial charge in [-0.15, -0.1) is 0 Å². The third kappa shape index (κ3) is 3.61. The smallest absolute Gasteiger partial charge is 0.308 e. The molecule has 4 rings (SSSR count). The lowest BCUT2D eigenvalue weighted by atomic mass is 9.55. The molecule has 30 heavy (non-hydrogen) atoms. The van der Waals surface area contributed by atoms with Crippen LogP contribution in [0.4, 0.5) is 0 Å². The molecule has 3 aliphatic rings. The fourth-order valence-electron chi connectivity index (χ4n) is 6.44. The Bertz CT molecular complexity index is 876. The summed E-state index contributed by atoms with van der Waals surface area (Å²) in [7, 11) is 0. The third-order valence-electron chi connectivity index (χ3n) is 7.48. The molecular weight excluding hydrogens is 384 g/mol. The Balaban J connectivity index is 1.62. The van der Waals surface area contributed by atoms with E-state index in [1.165, 1.54) is 31.9 Å². The minimum atomic E-state index is -0.391. The van der Waals surface area contributed by atoms with Crippen LogP contribution in [-0.4, -0.2) is 30.1 Å². The molecular formula is C24H30O6. The SMILES string of the molecule is CC(=O)Oc1ccc2c(c1)CC[C@@H]1[C@@H]2CC[C@]2(C)C(OC(C)=O)C(OC(C)=O)C[C@@H]12. The Labute approximate surface area is 177 Å². The molecule has 1 aromatic rings. The van der Waals surface area contributed by atoms with Crippen LogP contribution in [-0.2, 0) is 30.3 Å². The maximum atomic E-state index is 11.8. The van der Waals surface area contributed by atoms with Gasteiger partial charge in [0.05, 0.1) is 0 Å². The van der Waals surface area contributed by atoms with Crippen LogP contribution in [0.3, 0.4) is 0 Å². The number of carbonyl (C=O) groups excluding carboxylic acids is 3. The second-order valence-electron chi connectivity index (χ2n) is 9.33. The van der Waals surface area contributed by atoms with Gasteiger partial charge < -0.3 is 14.2 Å². The number of ether oxygens (including phenoxy) is 3. The van der Waals surface area contributed by atoms with E-state index >= 15 is 0 Å². The van der Waals surface area contributed by atoms with Crippen LogP contribution in [0.2, 0.25) is 0 Å². The van der Waals surface area contributed by atoms with Gasteiger partial charge in [0.2, 0.25) is 0 Å². The summed E-state index contributed by atoms with van der Waals surface area (Å²) in [6, 6.07) is 5.99. The number of hydrogen-bond donors (Lipinski definition) is 0. The summed E-state index contributed by atoms with van der Waals surface area (Å²) < 4.78 is 16.6. The number of carbonyl (C=O) groups is 3. The number of fused-ring (bicyclic) bond motifs is 5. The van der Waals surface area contributed by atoms with E-state index in [9.17, 15) is 14.4 Å². The molecule has 0 spiro atoms. The van der Waals surface area contributed by atoms with Crippen molar-refractivity contribution in [2.75, 3.05) is 0 Å². The molecule has 0 amide bonds. The molecule has 162 valence electrons. The number of esters is 3. The summed E-state index contributed by atoms with van der Waals surface area (Å²) in [6.45, 7) is 6.45. The van der Waals surface area contributed by atoms with Gasteiger partial charge in [-0.05, 0) is 73.1 Å². The summed E-state index contributed by atoms with van der Waals surface area (Å²) in [4.78, 5) is 34.8. The zero-order chi connectivity index (χ0) is 21.6. The molecule has 6 atom stereocenters. The molecule has 6 nitrogen and oxygen atoms in total. The average molecular weight is 414 g/mol. The Morgan fingerprint density at radius 2 is 1.73 bits per heavy atom. The van der Waals surface area contributed by atoms with Gasteiger partial charge in [0.1, 0.15) is 18.0 Å². The minimum Gasteiger partial charge on any atom is -0.459 e. The average Bonchev–Trinajstić information content (AvgIpc) is 2.92. The van der Waals surface area contributed by atoms with Crippen molar-refractivity contribution in [3.63, 3.8) is 0 Å². The molecule has 0 bridgehead atoms. The van der Waals surface area contributed by atoms with Crippen LogP contribution < -0.4 is 4.74 Å². The van der Waals surface area contributed by atoms with E-state index in [0.29, 0.717) is 23.5 Å². The van der Waals surface area contributed by atoms with Gasteiger partial charge in [0.15, 0.2) is 0 Å². The third-order valence-corrected chi connectivity index (χ3v) is 7.48. The Kier molecular flexibility index (Phi) is 5.37. The van der Waals surface area contributed by atoms with Crippen molar-refractivity contribution in [3.8, 4) is 5.75 Å². The van der Waals surface area contributed by atoms with Crippen molar-refractivity contribution in [3.05, 3.63) is 29.3 Å². The molecule has 0 saturated heterocycles. The van der Waals surface area contributed by atoms with E-state index in [-0.39, 0.29) is 29.4 Å². The molecule has 0 N–H and O–H groups in total. The maximum Gasteiger partial charge on any atom is 0.308 e. The molecule has 0 aromatic heterocycles. The van der Waals surface area contributed by atoms with E-state index in [0.717, 1.165) is 32.1 Å². The van der Waals surface area contributed by atoms with Crippen molar-refractivity contribution < 1.29 is 28.6 Å². The summed E-state index contributed by atoms with van der Waals surface area (Å²) in [5.74, 6) is 0.839. The summed E-state index contributed by atoms with van der Waals surface area (Å²) in [5, 5.41) is 0. The number of rotatable bonds is 3. The molecule has 2 unspecified atom stereocenters. The van der Waals surface area contributed by atoms with E-state index < -0.39 is 6.10 Å². The molecule has 6 heteroatoms. The monoisotopic (exact) mass is 414 g/mol. The number of hydrogen-bond acceptors (Lipinski definition) is 6. The zero-order valence-corrected chi connectivity index (χ0v) is 18.1. The molecule has 3 aliphatic carbocycles. The van der Waals surface area contributed by atoms with Gasteiger partial charge in [-0.3, -0.25) is 14.4 Å². The van der Waals surface area contributed by atoms with Gasteiger partial charge in [-0.1, -0.05) is 13.0 Å². The standard InChI is InChI=1S/C24H30O6/c1-13(25)28-17-6-8-18-16(11-17)5-7-20-19(18)9-10-24(4)21(20)12-22(29-14(2)26)23(24)30-15(3)27/h6,8,11,19-23H,5,7,9-10,12H2,1-4H3/t19-,20-,21+,22?,23?,24+/m1/s1. The summed E-state index contributed by atoms with van der Waals surface area (Å²) in [5.41, 5.74) is 2.40. The van der Waals surface area contributed by atoms with E-state index in [4.69, 9.17) is 14.2 Å². The Hall–Kier alpha value is -2.37. The van der Waals surface area contributed by atoms with Crippen LogP contribution in [0.15, 0.2) is 18.2 Å². The zero-order valence-electron chi connectivity index (χ0n) is 18.1. The lowest BCUT2D eigenvalue weighted by Gasteiger charge is -2.50. The van der Waals surface area contributed by atoms with Gasteiger partial charge in [-0.25, -0.2) is 0 Å². The molecule has 2 fully saturated rings. The highest BCUT2D eigenvalue weighted by atomic mass is 16.6. The first-order valence-corrected chi connectivity index (χ1v) is 10.8. The maximum absolute atomic E-state index is 11.8. The molecule has 0 heterocycles. The fraction of sp³-hybridized carbons (Fsp3) is 0.625. The first-order chi connectivity index (χ1) is 14.2. The lowest BCUT2D eigenvalue weighted by molar-refractivity contribution is -0.171. The van der Waals surface area contributed by atoms with Gasteiger partial charge in [0, 0.05) is 26.2 Å². The van der Waals surface area contributed by atoms with Crippen LogP contribution in [0.25, 0.3) is 0 Å². The Morgan fingerprint density at radius 3 is 2.40 bits per heavy atom. The van der Waals surface area contributed by atoms with E-state index in [1.54, 1.807) is 0 Å². The Morgan fingerprint density at radius 1 is 1.00 bits per heavy atom. The van der Waals surface area contributed by atoms with E-state index in [2.05, 4.69) is 13.0 Å². The largest absolute Gasteiger partial charge is 0.459 e. The van der Waals surface area contributed by atoms with Gasteiger partial charge >= 0.3 is 17.9 Å². The predicted octanol–water partition coefficient (Wildman–Crippen LogP) is 3.94. The first-order valence-electron chi connectivity index (χ1n) is 10.8. The molecule has 2 saturated carbocycles. The van der Waals surface area contributed by atoms with Gasteiger partial charge in [-0.2, -0.15) is 0 Å². The van der Waals surface area contributed by atoms with E-state index in [1.807, 2.05) is 12.1 Å². The highest BCUT2D eigenvalue weighted by Gasteiger charge is 2.61. The van der Waals surface area contributed by atoms with Crippen molar-refractivity contribution >= 4 is 17.9 Å². The second kappa shape index (κ2) is 7.71. The second-order valence-corrected chi connectivity index (χ2v) is 9.33. The van der Waals surface area contributed by atoms with Crippen molar-refractivity contribution in [1.29, 1.82) is 0 Å². The fourth-order valence-corrected chi connectivity index (χ4v) is 6.44. The lowest BCUT2D eigenvalue weighted by Crippen LogP contribution is -2.46. The van der Waals surface area contributed by atoms with Gasteiger partial charge in [0.25, 0.3) is 0 Å². The number of benzene rings is 1. The normalized spacial score (nSPS) is 34.2. The van der Waals surface area contributed by atoms with Crippen molar-refractivity contribution in [2.45, 2.75) is 77.9 Å². The van der Waals surface area contributed by atoms with Crippen LogP contribution in [0, 0.1) is 17.3 Å². The molecule has 0 radical (unpaired) electrons. The predicted molar refractivity (Wildman–Crippen MR) is 109 cm³/mol. The molecule has 1 aromatic carbocycles. The van der Waals surface area contributed by atoms with Crippen LogP contribution >= 0.6 is 0 Å².